The molecular formula is C36H36N2O7. The number of carbonyl (C=O) groups is 4. The van der Waals surface area contributed by atoms with E-state index in [0.717, 1.165) is 11.1 Å². The maximum Gasteiger partial charge on any atom is 0.407 e. The fourth-order valence-electron chi connectivity index (χ4n) is 4.32. The summed E-state index contributed by atoms with van der Waals surface area (Å²) in [6, 6.07) is 31.5. The molecular weight excluding hydrogens is 572 g/mol. The number of esters is 2. The Morgan fingerprint density at radius 3 is 1.60 bits per heavy atom. The largest absolute Gasteiger partial charge is 0.457 e. The van der Waals surface area contributed by atoms with Gasteiger partial charge in [-0.2, -0.15) is 0 Å². The summed E-state index contributed by atoms with van der Waals surface area (Å²) in [4.78, 5) is 52.3. The lowest BCUT2D eigenvalue weighted by molar-refractivity contribution is -0.117. The molecule has 0 fully saturated rings. The number of anilines is 1. The first-order valence-corrected chi connectivity index (χ1v) is 14.5. The van der Waals surface area contributed by atoms with Crippen LogP contribution in [0.3, 0.4) is 0 Å². The minimum Gasteiger partial charge on any atom is -0.457 e. The summed E-state index contributed by atoms with van der Waals surface area (Å²) in [5.74, 6) is -2.66. The number of hydrogen-bond donors (Lipinski definition) is 2. The van der Waals surface area contributed by atoms with Crippen LogP contribution in [0, 0.1) is 0 Å². The van der Waals surface area contributed by atoms with Crippen molar-refractivity contribution < 1.29 is 33.4 Å². The highest BCUT2D eigenvalue weighted by atomic mass is 16.6. The molecule has 2 amide bonds. The van der Waals surface area contributed by atoms with Crippen molar-refractivity contribution >= 4 is 29.6 Å². The highest BCUT2D eigenvalue weighted by Gasteiger charge is 2.25. The summed E-state index contributed by atoms with van der Waals surface area (Å²) in [6.45, 7) is 5.22. The number of benzene rings is 4. The zero-order valence-corrected chi connectivity index (χ0v) is 25.4. The number of carbonyl (C=O) groups excluding carboxylic acids is 4. The summed E-state index contributed by atoms with van der Waals surface area (Å²) >= 11 is 0. The molecule has 0 saturated carbocycles. The lowest BCUT2D eigenvalue weighted by atomic mass is 9.97. The van der Waals surface area contributed by atoms with Gasteiger partial charge in [0, 0.05) is 12.2 Å². The van der Waals surface area contributed by atoms with Crippen LogP contribution in [-0.4, -0.2) is 36.1 Å². The predicted molar refractivity (Wildman–Crippen MR) is 170 cm³/mol. The second-order valence-corrected chi connectivity index (χ2v) is 11.3. The molecule has 4 aromatic carbocycles. The van der Waals surface area contributed by atoms with Crippen molar-refractivity contribution in [3.05, 3.63) is 137 Å². The van der Waals surface area contributed by atoms with Crippen LogP contribution in [0.15, 0.2) is 109 Å². The van der Waals surface area contributed by atoms with Crippen LogP contribution in [0.4, 0.5) is 10.5 Å². The van der Waals surface area contributed by atoms with Gasteiger partial charge in [-0.15, -0.1) is 0 Å². The lowest BCUT2D eigenvalue weighted by Gasteiger charge is -2.22. The zero-order valence-electron chi connectivity index (χ0n) is 25.4. The Balaban J connectivity index is 1.57. The van der Waals surface area contributed by atoms with Crippen molar-refractivity contribution in [3.8, 4) is 0 Å². The number of hydrogen-bond acceptors (Lipinski definition) is 7. The maximum absolute atomic E-state index is 13.7. The molecule has 1 unspecified atom stereocenters. The number of nitrogens with one attached hydrogen (secondary N) is 2. The van der Waals surface area contributed by atoms with Gasteiger partial charge in [-0.1, -0.05) is 91.0 Å². The molecule has 0 saturated heterocycles. The van der Waals surface area contributed by atoms with Gasteiger partial charge in [-0.05, 0) is 55.7 Å². The van der Waals surface area contributed by atoms with E-state index in [1.54, 1.807) is 45.0 Å². The summed E-state index contributed by atoms with van der Waals surface area (Å²) in [5, 5.41) is 5.46. The molecule has 0 aliphatic rings. The Morgan fingerprint density at radius 2 is 1.13 bits per heavy atom. The summed E-state index contributed by atoms with van der Waals surface area (Å²) in [7, 11) is 0. The van der Waals surface area contributed by atoms with Gasteiger partial charge in [0.15, 0.2) is 0 Å². The van der Waals surface area contributed by atoms with E-state index < -0.39 is 35.5 Å². The van der Waals surface area contributed by atoms with Crippen molar-refractivity contribution in [2.75, 3.05) is 11.9 Å². The van der Waals surface area contributed by atoms with Crippen molar-refractivity contribution in [2.45, 2.75) is 45.5 Å². The average molecular weight is 609 g/mol. The van der Waals surface area contributed by atoms with Gasteiger partial charge in [-0.25, -0.2) is 14.4 Å². The van der Waals surface area contributed by atoms with Crippen LogP contribution in [0.25, 0.3) is 0 Å². The topological polar surface area (TPSA) is 120 Å². The molecule has 0 bridgehead atoms. The van der Waals surface area contributed by atoms with Gasteiger partial charge in [-0.3, -0.25) is 4.79 Å². The normalized spacial score (nSPS) is 11.5. The van der Waals surface area contributed by atoms with Crippen molar-refractivity contribution in [1.82, 2.24) is 5.32 Å². The summed E-state index contributed by atoms with van der Waals surface area (Å²) in [6.07, 6.45) is -0.664. The van der Waals surface area contributed by atoms with Crippen molar-refractivity contribution in [2.24, 2.45) is 0 Å². The van der Waals surface area contributed by atoms with E-state index >= 15 is 0 Å². The van der Waals surface area contributed by atoms with E-state index in [-0.39, 0.29) is 36.6 Å². The second kappa shape index (κ2) is 15.3. The Kier molecular flexibility index (Phi) is 11.1. The van der Waals surface area contributed by atoms with Crippen molar-refractivity contribution in [1.29, 1.82) is 0 Å². The first-order chi connectivity index (χ1) is 21.6. The first-order valence-electron chi connectivity index (χ1n) is 14.5. The lowest BCUT2D eigenvalue weighted by Crippen LogP contribution is -2.37. The molecule has 4 rings (SSSR count). The molecule has 45 heavy (non-hydrogen) atoms. The molecule has 0 aromatic heterocycles. The van der Waals surface area contributed by atoms with E-state index in [1.807, 2.05) is 66.7 Å². The zero-order chi connectivity index (χ0) is 32.2. The predicted octanol–water partition coefficient (Wildman–Crippen LogP) is 6.65. The Labute approximate surface area is 262 Å². The van der Waals surface area contributed by atoms with Crippen LogP contribution < -0.4 is 10.6 Å². The number of ether oxygens (including phenoxy) is 3. The van der Waals surface area contributed by atoms with E-state index in [0.29, 0.717) is 5.56 Å². The van der Waals surface area contributed by atoms with E-state index in [2.05, 4.69) is 10.6 Å². The second-order valence-electron chi connectivity index (χ2n) is 11.3. The Hall–Kier alpha value is -5.44. The third-order valence-corrected chi connectivity index (χ3v) is 6.47. The molecule has 0 spiro atoms. The number of amides is 2. The number of alkyl carbamates (subject to hydrolysis) is 1. The third-order valence-electron chi connectivity index (χ3n) is 6.47. The van der Waals surface area contributed by atoms with Gasteiger partial charge in [0.2, 0.25) is 5.91 Å². The molecule has 0 heterocycles. The van der Waals surface area contributed by atoms with E-state index in [4.69, 9.17) is 14.2 Å². The monoisotopic (exact) mass is 608 g/mol. The van der Waals surface area contributed by atoms with Gasteiger partial charge in [0.25, 0.3) is 0 Å². The molecule has 9 nitrogen and oxygen atoms in total. The van der Waals surface area contributed by atoms with E-state index in [1.165, 1.54) is 18.2 Å². The molecule has 0 radical (unpaired) electrons. The number of rotatable bonds is 11. The van der Waals surface area contributed by atoms with E-state index in [9.17, 15) is 19.2 Å². The fraction of sp³-hybridized carbons (Fsp3) is 0.222. The van der Waals surface area contributed by atoms with Gasteiger partial charge >= 0.3 is 18.0 Å². The van der Waals surface area contributed by atoms with Gasteiger partial charge in [0.05, 0.1) is 17.0 Å². The Morgan fingerprint density at radius 1 is 0.667 bits per heavy atom. The van der Waals surface area contributed by atoms with Gasteiger partial charge < -0.3 is 24.8 Å². The quantitative estimate of drug-likeness (QED) is 0.145. The molecule has 1 atom stereocenters. The summed E-state index contributed by atoms with van der Waals surface area (Å²) < 4.78 is 16.3. The maximum atomic E-state index is 13.7. The Bertz CT molecular complexity index is 1530. The SMILES string of the molecule is CC(C)(C)OC(=O)NCC(C(=O)Nc1cc(C(=O)OCc2ccccc2)cc(C(=O)OCc2ccccc2)c1)c1ccccc1. The molecule has 0 aliphatic carbocycles. The highest BCUT2D eigenvalue weighted by molar-refractivity contribution is 6.01. The molecule has 9 heteroatoms. The van der Waals surface area contributed by atoms with Crippen LogP contribution in [-0.2, 0) is 32.2 Å². The van der Waals surface area contributed by atoms with Crippen LogP contribution in [0.1, 0.15) is 64.1 Å². The molecule has 2 N–H and O–H groups in total. The van der Waals surface area contributed by atoms with Gasteiger partial charge in [0.1, 0.15) is 18.8 Å². The first kappa shape index (κ1) is 32.5. The van der Waals surface area contributed by atoms with Crippen LogP contribution in [0.5, 0.6) is 0 Å². The van der Waals surface area contributed by atoms with Crippen LogP contribution in [0.2, 0.25) is 0 Å². The fourth-order valence-corrected chi connectivity index (χ4v) is 4.32. The minimum absolute atomic E-state index is 0.0243. The summed E-state index contributed by atoms with van der Waals surface area (Å²) in [5.41, 5.74) is 1.81. The van der Waals surface area contributed by atoms with Crippen LogP contribution >= 0.6 is 0 Å². The average Bonchev–Trinajstić information content (AvgIpc) is 3.03. The third kappa shape index (κ3) is 10.4. The standard InChI is InChI=1S/C36H36N2O7/c1-36(2,3)45-35(42)37-22-31(27-17-11-6-12-18-27)32(39)38-30-20-28(33(40)43-23-25-13-7-4-8-14-25)19-29(21-30)34(41)44-24-26-15-9-5-10-16-26/h4-21,31H,22-24H2,1-3H3,(H,37,42)(H,38,39). The van der Waals surface area contributed by atoms with Crippen molar-refractivity contribution in [3.63, 3.8) is 0 Å². The minimum atomic E-state index is -0.819. The molecule has 4 aromatic rings. The molecule has 232 valence electrons. The highest BCUT2D eigenvalue weighted by Crippen LogP contribution is 2.22. The molecule has 0 aliphatic heterocycles. The smallest absolute Gasteiger partial charge is 0.407 e.